The molecule has 16 heavy (non-hydrogen) atoms. The minimum Gasteiger partial charge on any atom is -0.488 e. The van der Waals surface area contributed by atoms with E-state index < -0.39 is 0 Å². The first-order valence-corrected chi connectivity index (χ1v) is 6.95. The molecule has 0 saturated carbocycles. The van der Waals surface area contributed by atoms with Gasteiger partial charge in [0.2, 0.25) is 0 Å². The molecule has 1 aromatic carbocycles. The number of alkyl halides is 1. The summed E-state index contributed by atoms with van der Waals surface area (Å²) in [7, 11) is 0. The number of para-hydroxylation sites is 1. The Labute approximate surface area is 112 Å². The number of ether oxygens (including phenoxy) is 1. The van der Waals surface area contributed by atoms with Crippen molar-refractivity contribution in [3.63, 3.8) is 0 Å². The quantitative estimate of drug-likeness (QED) is 0.734. The maximum Gasteiger partial charge on any atom is 0.124 e. The van der Waals surface area contributed by atoms with Gasteiger partial charge in [-0.05, 0) is 34.1 Å². The number of rotatable bonds is 4. The van der Waals surface area contributed by atoms with Gasteiger partial charge in [-0.25, -0.2) is 0 Å². The molecule has 2 aromatic rings. The van der Waals surface area contributed by atoms with Crippen LogP contribution < -0.4 is 4.74 Å². The van der Waals surface area contributed by atoms with E-state index >= 15 is 0 Å². The first-order valence-electron chi connectivity index (χ1n) is 4.80. The molecule has 0 bridgehead atoms. The van der Waals surface area contributed by atoms with Crippen LogP contribution in [0.5, 0.6) is 5.75 Å². The van der Waals surface area contributed by atoms with Crippen LogP contribution >= 0.6 is 38.9 Å². The maximum atomic E-state index is 5.83. The summed E-state index contributed by atoms with van der Waals surface area (Å²) in [6.07, 6.45) is 0. The van der Waals surface area contributed by atoms with Crippen molar-refractivity contribution in [1.29, 1.82) is 0 Å². The second kappa shape index (κ2) is 5.71. The van der Waals surface area contributed by atoms with Crippen LogP contribution in [0.3, 0.4) is 0 Å². The van der Waals surface area contributed by atoms with Crippen LogP contribution in [0.2, 0.25) is 0 Å². The molecular weight excluding hydrogens is 308 g/mol. The van der Waals surface area contributed by atoms with Crippen LogP contribution in [0.4, 0.5) is 0 Å². The van der Waals surface area contributed by atoms with E-state index in [0.717, 1.165) is 15.1 Å². The first kappa shape index (κ1) is 12.0. The first-order chi connectivity index (χ1) is 7.79. The highest BCUT2D eigenvalue weighted by atomic mass is 79.9. The molecule has 1 aromatic heterocycles. The highest BCUT2D eigenvalue weighted by molar-refractivity contribution is 9.11. The standard InChI is InChI=1S/C12H10BrClOS/c13-12-6-5-10(16-12)8-15-11-4-2-1-3-9(11)7-14/h1-6H,7-8H2. The normalized spacial score (nSPS) is 10.4. The Hall–Kier alpha value is -0.510. The molecule has 84 valence electrons. The molecule has 1 heterocycles. The fourth-order valence-electron chi connectivity index (χ4n) is 1.33. The highest BCUT2D eigenvalue weighted by Crippen LogP contribution is 2.25. The third kappa shape index (κ3) is 3.00. The van der Waals surface area contributed by atoms with Crippen LogP contribution in [-0.4, -0.2) is 0 Å². The Morgan fingerprint density at radius 2 is 2.00 bits per heavy atom. The summed E-state index contributed by atoms with van der Waals surface area (Å²) in [5, 5.41) is 0. The highest BCUT2D eigenvalue weighted by Gasteiger charge is 2.03. The number of hydrogen-bond acceptors (Lipinski definition) is 2. The summed E-state index contributed by atoms with van der Waals surface area (Å²) in [4.78, 5) is 1.19. The van der Waals surface area contributed by atoms with E-state index in [-0.39, 0.29) is 0 Å². The van der Waals surface area contributed by atoms with E-state index in [4.69, 9.17) is 16.3 Å². The van der Waals surface area contributed by atoms with Crippen LogP contribution in [0, 0.1) is 0 Å². The number of benzene rings is 1. The molecule has 0 aliphatic rings. The lowest BCUT2D eigenvalue weighted by Crippen LogP contribution is -1.95. The van der Waals surface area contributed by atoms with Crippen LogP contribution in [0.15, 0.2) is 40.2 Å². The molecule has 0 aliphatic carbocycles. The molecule has 4 heteroatoms. The zero-order valence-corrected chi connectivity index (χ0v) is 11.6. The van der Waals surface area contributed by atoms with Crippen LogP contribution in [0.25, 0.3) is 0 Å². The van der Waals surface area contributed by atoms with Gasteiger partial charge in [-0.3, -0.25) is 0 Å². The van der Waals surface area contributed by atoms with Crippen molar-refractivity contribution in [3.05, 3.63) is 50.6 Å². The Bertz CT molecular complexity index is 470. The van der Waals surface area contributed by atoms with Gasteiger partial charge in [-0.1, -0.05) is 18.2 Å². The second-order valence-corrected chi connectivity index (χ2v) is 6.05. The summed E-state index contributed by atoms with van der Waals surface area (Å²) in [5.41, 5.74) is 1.03. The SMILES string of the molecule is ClCc1ccccc1OCc1ccc(Br)s1. The molecule has 0 fully saturated rings. The van der Waals surface area contributed by atoms with E-state index in [1.165, 1.54) is 4.88 Å². The maximum absolute atomic E-state index is 5.83. The fraction of sp³-hybridized carbons (Fsp3) is 0.167. The van der Waals surface area contributed by atoms with Gasteiger partial charge < -0.3 is 4.74 Å². The lowest BCUT2D eigenvalue weighted by molar-refractivity contribution is 0.307. The molecule has 0 N–H and O–H groups in total. The van der Waals surface area contributed by atoms with Crippen molar-refractivity contribution in [2.75, 3.05) is 0 Å². The second-order valence-electron chi connectivity index (χ2n) is 3.24. The zero-order chi connectivity index (χ0) is 11.4. The summed E-state index contributed by atoms with van der Waals surface area (Å²) in [6, 6.07) is 11.9. The molecule has 0 saturated heterocycles. The Morgan fingerprint density at radius 1 is 1.19 bits per heavy atom. The van der Waals surface area contributed by atoms with Gasteiger partial charge in [-0.2, -0.15) is 0 Å². The van der Waals surface area contributed by atoms with Crippen molar-refractivity contribution in [2.45, 2.75) is 12.5 Å². The van der Waals surface area contributed by atoms with Gasteiger partial charge >= 0.3 is 0 Å². The minimum absolute atomic E-state index is 0.476. The summed E-state index contributed by atoms with van der Waals surface area (Å²) >= 11 is 10.9. The molecule has 0 aliphatic heterocycles. The van der Waals surface area contributed by atoms with Gasteiger partial charge in [0.15, 0.2) is 0 Å². The lowest BCUT2D eigenvalue weighted by atomic mass is 10.2. The van der Waals surface area contributed by atoms with E-state index in [1.54, 1.807) is 11.3 Å². The van der Waals surface area contributed by atoms with Crippen molar-refractivity contribution in [3.8, 4) is 5.75 Å². The summed E-state index contributed by atoms with van der Waals surface area (Å²) < 4.78 is 6.85. The average molecular weight is 318 g/mol. The van der Waals surface area contributed by atoms with Crippen molar-refractivity contribution in [1.82, 2.24) is 0 Å². The van der Waals surface area contributed by atoms with Crippen LogP contribution in [-0.2, 0) is 12.5 Å². The summed E-state index contributed by atoms with van der Waals surface area (Å²) in [6.45, 7) is 0.587. The van der Waals surface area contributed by atoms with E-state index in [2.05, 4.69) is 22.0 Å². The average Bonchev–Trinajstić information content (AvgIpc) is 2.73. The molecule has 0 unspecified atom stereocenters. The number of hydrogen-bond donors (Lipinski definition) is 0. The van der Waals surface area contributed by atoms with Crippen molar-refractivity contribution in [2.24, 2.45) is 0 Å². The molecule has 0 radical (unpaired) electrons. The van der Waals surface area contributed by atoms with Gasteiger partial charge in [0.1, 0.15) is 12.4 Å². The van der Waals surface area contributed by atoms with Gasteiger partial charge in [0, 0.05) is 10.4 Å². The Kier molecular flexibility index (Phi) is 4.27. The van der Waals surface area contributed by atoms with Gasteiger partial charge in [0.25, 0.3) is 0 Å². The van der Waals surface area contributed by atoms with Crippen molar-refractivity contribution < 1.29 is 4.74 Å². The van der Waals surface area contributed by atoms with Gasteiger partial charge in [-0.15, -0.1) is 22.9 Å². The predicted octanol–water partition coefficient (Wildman–Crippen LogP) is 4.83. The summed E-state index contributed by atoms with van der Waals surface area (Å²) in [5.74, 6) is 1.34. The topological polar surface area (TPSA) is 9.23 Å². The van der Waals surface area contributed by atoms with E-state index in [9.17, 15) is 0 Å². The number of thiophene rings is 1. The Morgan fingerprint density at radius 3 is 2.69 bits per heavy atom. The molecule has 1 nitrogen and oxygen atoms in total. The molecule has 0 spiro atoms. The molecule has 0 amide bonds. The number of halogens is 2. The molecule has 2 rings (SSSR count). The Balaban J connectivity index is 2.04. The third-order valence-electron chi connectivity index (χ3n) is 2.12. The zero-order valence-electron chi connectivity index (χ0n) is 8.45. The van der Waals surface area contributed by atoms with Crippen LogP contribution in [0.1, 0.15) is 10.4 Å². The minimum atomic E-state index is 0.476. The monoisotopic (exact) mass is 316 g/mol. The van der Waals surface area contributed by atoms with Gasteiger partial charge in [0.05, 0.1) is 9.67 Å². The smallest absolute Gasteiger partial charge is 0.124 e. The van der Waals surface area contributed by atoms with E-state index in [1.807, 2.05) is 30.3 Å². The predicted molar refractivity (Wildman–Crippen MR) is 72.4 cm³/mol. The third-order valence-corrected chi connectivity index (χ3v) is 4.00. The largest absolute Gasteiger partial charge is 0.488 e. The fourth-order valence-corrected chi connectivity index (χ4v) is 2.95. The van der Waals surface area contributed by atoms with Crippen molar-refractivity contribution >= 4 is 38.9 Å². The van der Waals surface area contributed by atoms with E-state index in [0.29, 0.717) is 12.5 Å². The molecular formula is C12H10BrClOS. The lowest BCUT2D eigenvalue weighted by Gasteiger charge is -2.08. The molecule has 0 atom stereocenters.